The third-order valence-corrected chi connectivity index (χ3v) is 7.14. The first kappa shape index (κ1) is 27.7. The summed E-state index contributed by atoms with van der Waals surface area (Å²) in [5.41, 5.74) is 4.50. The fourth-order valence-electron chi connectivity index (χ4n) is 4.93. The predicted molar refractivity (Wildman–Crippen MR) is 158 cm³/mol. The SMILES string of the molecule is Cc1nnnn1/N=C/c1ccc(O)c(C(c2cccc(N3CCOCC3)c2)c2cc(/C=N/n3nnnc3C)ccc2O)c1. The van der Waals surface area contributed by atoms with E-state index in [1.807, 2.05) is 24.3 Å². The van der Waals surface area contributed by atoms with Crippen LogP contribution in [0.25, 0.3) is 0 Å². The topological polar surface area (TPSA) is 165 Å². The Hall–Kier alpha value is -5.50. The van der Waals surface area contributed by atoms with E-state index in [1.165, 1.54) is 9.58 Å². The molecule has 0 radical (unpaired) electrons. The first-order valence-electron chi connectivity index (χ1n) is 13.6. The molecule has 1 aliphatic rings. The molecule has 0 spiro atoms. The van der Waals surface area contributed by atoms with Gasteiger partial charge in [-0.05, 0) is 99.9 Å². The molecule has 3 heterocycles. The minimum Gasteiger partial charge on any atom is -0.508 e. The van der Waals surface area contributed by atoms with Gasteiger partial charge in [0.05, 0.1) is 25.6 Å². The van der Waals surface area contributed by atoms with Crippen LogP contribution in [0.15, 0.2) is 70.9 Å². The minimum atomic E-state index is -0.549. The third-order valence-electron chi connectivity index (χ3n) is 7.14. The molecule has 3 aromatic carbocycles. The number of tetrazole rings is 2. The lowest BCUT2D eigenvalue weighted by atomic mass is 9.82. The predicted octanol–water partition coefficient (Wildman–Crippen LogP) is 2.47. The Morgan fingerprint density at radius 3 is 1.84 bits per heavy atom. The lowest BCUT2D eigenvalue weighted by Gasteiger charge is -2.30. The second kappa shape index (κ2) is 12.2. The fraction of sp³-hybridized carbons (Fsp3) is 0.241. The first-order chi connectivity index (χ1) is 21.0. The van der Waals surface area contributed by atoms with Crippen molar-refractivity contribution in [2.75, 3.05) is 31.2 Å². The van der Waals surface area contributed by atoms with Crippen LogP contribution in [-0.2, 0) is 4.74 Å². The van der Waals surface area contributed by atoms with Gasteiger partial charge in [-0.2, -0.15) is 10.2 Å². The van der Waals surface area contributed by atoms with Crippen LogP contribution in [0.5, 0.6) is 11.5 Å². The largest absolute Gasteiger partial charge is 0.508 e. The van der Waals surface area contributed by atoms with E-state index in [0.29, 0.717) is 47.1 Å². The van der Waals surface area contributed by atoms with E-state index in [2.05, 4.69) is 58.3 Å². The highest BCUT2D eigenvalue weighted by Crippen LogP contribution is 2.42. The van der Waals surface area contributed by atoms with E-state index in [9.17, 15) is 10.2 Å². The van der Waals surface area contributed by atoms with Gasteiger partial charge in [0.2, 0.25) is 0 Å². The van der Waals surface area contributed by atoms with E-state index in [0.717, 1.165) is 24.3 Å². The van der Waals surface area contributed by atoms with E-state index in [1.54, 1.807) is 50.5 Å². The summed E-state index contributed by atoms with van der Waals surface area (Å²) in [6.07, 6.45) is 3.23. The fourth-order valence-corrected chi connectivity index (χ4v) is 4.93. The number of anilines is 1. The van der Waals surface area contributed by atoms with Crippen molar-refractivity contribution < 1.29 is 14.9 Å². The zero-order valence-corrected chi connectivity index (χ0v) is 23.6. The van der Waals surface area contributed by atoms with Crippen molar-refractivity contribution >= 4 is 18.1 Å². The number of rotatable bonds is 8. The monoisotopic (exact) mass is 579 g/mol. The molecular weight excluding hydrogens is 550 g/mol. The van der Waals surface area contributed by atoms with E-state index in [4.69, 9.17) is 4.74 Å². The number of aromatic nitrogens is 8. The van der Waals surface area contributed by atoms with Crippen molar-refractivity contribution in [1.82, 2.24) is 40.6 Å². The van der Waals surface area contributed by atoms with E-state index < -0.39 is 5.92 Å². The van der Waals surface area contributed by atoms with Crippen LogP contribution in [0.2, 0.25) is 0 Å². The van der Waals surface area contributed by atoms with Crippen molar-refractivity contribution in [2.45, 2.75) is 19.8 Å². The standard InChI is InChI=1S/C29H29N11O3/c1-19-32-34-36-39(19)30-17-21-6-8-27(41)25(14-21)29(23-4-3-5-24(16-23)38-10-12-43-13-11-38)26-15-22(7-9-28(26)42)18-31-40-20(2)33-35-37-40/h3-9,14-18,29,41-42H,10-13H2,1-2H3/b30-17+,31-18+. The molecule has 0 aliphatic carbocycles. The average Bonchev–Trinajstić information content (AvgIpc) is 3.65. The summed E-state index contributed by atoms with van der Waals surface area (Å²) in [7, 11) is 0. The zero-order chi connectivity index (χ0) is 29.8. The molecule has 0 amide bonds. The van der Waals surface area contributed by atoms with Crippen molar-refractivity contribution in [3.05, 3.63) is 100 Å². The van der Waals surface area contributed by atoms with E-state index in [-0.39, 0.29) is 11.5 Å². The van der Waals surface area contributed by atoms with Crippen LogP contribution < -0.4 is 4.90 Å². The molecule has 5 aromatic rings. The zero-order valence-electron chi connectivity index (χ0n) is 23.6. The number of phenolic OH excluding ortho intramolecular Hbond substituents is 2. The van der Waals surface area contributed by atoms with Crippen molar-refractivity contribution in [3.8, 4) is 11.5 Å². The van der Waals surface area contributed by atoms with Crippen LogP contribution in [0.1, 0.15) is 45.4 Å². The van der Waals surface area contributed by atoms with Gasteiger partial charge < -0.3 is 19.8 Å². The van der Waals surface area contributed by atoms with Crippen LogP contribution in [-0.4, -0.2) is 89.6 Å². The Morgan fingerprint density at radius 2 is 1.33 bits per heavy atom. The second-order valence-electron chi connectivity index (χ2n) is 9.98. The molecule has 0 unspecified atom stereocenters. The highest BCUT2D eigenvalue weighted by atomic mass is 16.5. The molecule has 6 rings (SSSR count). The average molecular weight is 580 g/mol. The molecule has 43 heavy (non-hydrogen) atoms. The van der Waals surface area contributed by atoms with Crippen LogP contribution >= 0.6 is 0 Å². The molecule has 218 valence electrons. The summed E-state index contributed by atoms with van der Waals surface area (Å²) < 4.78 is 5.55. The van der Waals surface area contributed by atoms with Gasteiger partial charge in [0.15, 0.2) is 11.6 Å². The summed E-state index contributed by atoms with van der Waals surface area (Å²) in [6, 6.07) is 18.5. The molecular formula is C29H29N11O3. The van der Waals surface area contributed by atoms with Gasteiger partial charge in [0.25, 0.3) is 0 Å². The lowest BCUT2D eigenvalue weighted by Crippen LogP contribution is -2.36. The maximum absolute atomic E-state index is 11.2. The van der Waals surface area contributed by atoms with Crippen LogP contribution in [0.4, 0.5) is 5.69 Å². The van der Waals surface area contributed by atoms with Gasteiger partial charge >= 0.3 is 0 Å². The molecule has 14 nitrogen and oxygen atoms in total. The number of ether oxygens (including phenoxy) is 1. The minimum absolute atomic E-state index is 0.0697. The molecule has 0 atom stereocenters. The first-order valence-corrected chi connectivity index (χ1v) is 13.6. The van der Waals surface area contributed by atoms with Gasteiger partial charge in [0.1, 0.15) is 11.5 Å². The lowest BCUT2D eigenvalue weighted by molar-refractivity contribution is 0.122. The molecule has 14 heteroatoms. The summed E-state index contributed by atoms with van der Waals surface area (Å²) in [4.78, 5) is 4.90. The highest BCUT2D eigenvalue weighted by molar-refractivity contribution is 5.82. The normalized spacial score (nSPS) is 14.0. The molecule has 1 aliphatic heterocycles. The van der Waals surface area contributed by atoms with Gasteiger partial charge in [-0.25, -0.2) is 0 Å². The second-order valence-corrected chi connectivity index (χ2v) is 9.98. The van der Waals surface area contributed by atoms with E-state index >= 15 is 0 Å². The number of aryl methyl sites for hydroxylation is 2. The number of morpholine rings is 1. The Morgan fingerprint density at radius 1 is 0.767 bits per heavy atom. The smallest absolute Gasteiger partial charge is 0.173 e. The van der Waals surface area contributed by atoms with Gasteiger partial charge in [0, 0.05) is 35.8 Å². The number of hydrogen-bond donors (Lipinski definition) is 2. The Balaban J connectivity index is 1.46. The van der Waals surface area contributed by atoms with Crippen molar-refractivity contribution in [3.63, 3.8) is 0 Å². The molecule has 0 bridgehead atoms. The quantitative estimate of drug-likeness (QED) is 0.206. The summed E-state index contributed by atoms with van der Waals surface area (Å²) in [5.74, 6) is 0.662. The van der Waals surface area contributed by atoms with Crippen LogP contribution in [0, 0.1) is 13.8 Å². The van der Waals surface area contributed by atoms with Gasteiger partial charge in [-0.15, -0.1) is 19.8 Å². The maximum Gasteiger partial charge on any atom is 0.173 e. The molecule has 1 fully saturated rings. The van der Waals surface area contributed by atoms with Crippen molar-refractivity contribution in [2.24, 2.45) is 10.2 Å². The Kier molecular flexibility index (Phi) is 7.82. The van der Waals surface area contributed by atoms with Gasteiger partial charge in [-0.3, -0.25) is 0 Å². The molecule has 2 N–H and O–H groups in total. The highest BCUT2D eigenvalue weighted by Gasteiger charge is 2.25. The third kappa shape index (κ3) is 6.08. The molecule has 2 aromatic heterocycles. The molecule has 0 saturated carbocycles. The summed E-state index contributed by atoms with van der Waals surface area (Å²) >= 11 is 0. The Labute approximate surface area is 246 Å². The van der Waals surface area contributed by atoms with Crippen LogP contribution in [0.3, 0.4) is 0 Å². The number of hydrogen-bond acceptors (Lipinski definition) is 12. The number of aromatic hydroxyl groups is 2. The van der Waals surface area contributed by atoms with Crippen molar-refractivity contribution in [1.29, 1.82) is 0 Å². The Bertz CT molecular complexity index is 1690. The number of phenols is 2. The molecule has 1 saturated heterocycles. The number of nitrogens with zero attached hydrogens (tertiary/aromatic N) is 11. The van der Waals surface area contributed by atoms with Gasteiger partial charge in [-0.1, -0.05) is 12.1 Å². The summed E-state index contributed by atoms with van der Waals surface area (Å²) in [6.45, 7) is 6.35. The number of benzene rings is 3. The summed E-state index contributed by atoms with van der Waals surface area (Å²) in [5, 5.41) is 53.8. The maximum atomic E-state index is 11.2.